The van der Waals surface area contributed by atoms with Crippen molar-refractivity contribution in [2.45, 2.75) is 37.7 Å². The van der Waals surface area contributed by atoms with Gasteiger partial charge >= 0.3 is 5.97 Å². The van der Waals surface area contributed by atoms with Gasteiger partial charge < -0.3 is 24.5 Å². The topological polar surface area (TPSA) is 125 Å². The van der Waals surface area contributed by atoms with Gasteiger partial charge in [-0.1, -0.05) is 0 Å². The van der Waals surface area contributed by atoms with Gasteiger partial charge in [0.25, 0.3) is 11.8 Å². The molecule has 4 atom stereocenters. The molecule has 1 unspecified atom stereocenters. The maximum Gasteiger partial charge on any atom is 0.302 e. The highest BCUT2D eigenvalue weighted by Crippen LogP contribution is 2.48. The molecule has 0 bridgehead atoms. The predicted molar refractivity (Wildman–Crippen MR) is 136 cm³/mol. The van der Waals surface area contributed by atoms with E-state index in [1.165, 1.54) is 50.4 Å². The van der Waals surface area contributed by atoms with Crippen molar-refractivity contribution < 1.29 is 38.1 Å². The molecule has 5 aromatic rings. The molecule has 2 amide bonds. The monoisotopic (exact) mass is 533 g/mol. The standard InChI is InChI=1S/C28H21F2N3O6/c1-10(34)39-18-9-17(25(35)26(18)36)33-16-6-4-12(30)8-14(16)20-22-21(27(37)32(2)28(22)38)19-13-7-11(29)3-5-15(13)31-23(19)24(20)33/h3-8,17-18,25-26,31,35-36H,9H2,1-2H3/t17?,18-,25-,26+/m0/s1. The number of rotatable bonds is 2. The van der Waals surface area contributed by atoms with Gasteiger partial charge in [-0.3, -0.25) is 19.3 Å². The lowest BCUT2D eigenvalue weighted by Crippen LogP contribution is -2.33. The van der Waals surface area contributed by atoms with Crippen molar-refractivity contribution in [3.63, 3.8) is 0 Å². The largest absolute Gasteiger partial charge is 0.460 e. The molecule has 0 radical (unpaired) electrons. The van der Waals surface area contributed by atoms with Crippen LogP contribution in [0.2, 0.25) is 0 Å². The minimum atomic E-state index is -1.40. The molecule has 1 fully saturated rings. The number of benzene rings is 3. The summed E-state index contributed by atoms with van der Waals surface area (Å²) in [5.41, 5.74) is 1.82. The molecule has 7 rings (SSSR count). The second-order valence-corrected chi connectivity index (χ2v) is 10.2. The Kier molecular flexibility index (Phi) is 4.77. The Bertz CT molecular complexity index is 1940. The van der Waals surface area contributed by atoms with Gasteiger partial charge in [-0.05, 0) is 36.4 Å². The number of imide groups is 1. The van der Waals surface area contributed by atoms with Crippen LogP contribution in [0.1, 0.15) is 40.1 Å². The van der Waals surface area contributed by atoms with E-state index in [9.17, 15) is 33.4 Å². The number of aliphatic hydroxyl groups is 2. The van der Waals surface area contributed by atoms with Crippen LogP contribution in [-0.4, -0.2) is 67.8 Å². The molecular weight excluding hydrogens is 512 g/mol. The van der Waals surface area contributed by atoms with Gasteiger partial charge in [-0.2, -0.15) is 0 Å². The van der Waals surface area contributed by atoms with Crippen molar-refractivity contribution in [3.05, 3.63) is 59.2 Å². The second kappa shape index (κ2) is 7.84. The summed E-state index contributed by atoms with van der Waals surface area (Å²) >= 11 is 0. The summed E-state index contributed by atoms with van der Waals surface area (Å²) < 4.78 is 36.0. The van der Waals surface area contributed by atoms with Crippen molar-refractivity contribution in [1.82, 2.24) is 14.5 Å². The SMILES string of the molecule is CC(=O)O[C@H]1CC(n2c3ccc(F)cc3c3c4c(c5c6cc(F)ccc6[nH]c5c32)C(=O)N(C)C4=O)[C@H](O)[C@@H]1O. The van der Waals surface area contributed by atoms with E-state index in [-0.39, 0.29) is 17.5 Å². The van der Waals surface area contributed by atoms with E-state index >= 15 is 0 Å². The molecule has 9 nitrogen and oxygen atoms in total. The zero-order chi connectivity index (χ0) is 27.5. The zero-order valence-corrected chi connectivity index (χ0v) is 20.7. The number of hydrogen-bond acceptors (Lipinski definition) is 6. The molecule has 3 aromatic carbocycles. The van der Waals surface area contributed by atoms with Crippen LogP contribution in [0.3, 0.4) is 0 Å². The molecule has 39 heavy (non-hydrogen) atoms. The number of ether oxygens (including phenoxy) is 1. The van der Waals surface area contributed by atoms with E-state index in [0.29, 0.717) is 43.6 Å². The van der Waals surface area contributed by atoms with E-state index < -0.39 is 53.8 Å². The lowest BCUT2D eigenvalue weighted by molar-refractivity contribution is -0.152. The average molecular weight is 533 g/mol. The number of hydrogen-bond donors (Lipinski definition) is 3. The number of fused-ring (bicyclic) bond motifs is 10. The smallest absolute Gasteiger partial charge is 0.302 e. The molecule has 1 aliphatic carbocycles. The Morgan fingerprint density at radius 1 is 0.974 bits per heavy atom. The van der Waals surface area contributed by atoms with E-state index in [1.807, 2.05) is 0 Å². The molecule has 3 N–H and O–H groups in total. The van der Waals surface area contributed by atoms with Gasteiger partial charge in [-0.25, -0.2) is 8.78 Å². The maximum atomic E-state index is 14.7. The van der Waals surface area contributed by atoms with Gasteiger partial charge in [0, 0.05) is 53.0 Å². The number of halogens is 2. The lowest BCUT2D eigenvalue weighted by Gasteiger charge is -2.20. The molecule has 0 saturated heterocycles. The number of H-pyrrole nitrogens is 1. The van der Waals surface area contributed by atoms with Crippen LogP contribution in [-0.2, 0) is 9.53 Å². The fourth-order valence-corrected chi connectivity index (χ4v) is 6.39. The summed E-state index contributed by atoms with van der Waals surface area (Å²) in [4.78, 5) is 42.8. The third-order valence-electron chi connectivity index (χ3n) is 8.00. The summed E-state index contributed by atoms with van der Waals surface area (Å²) in [5.74, 6) is -2.91. The molecule has 1 saturated carbocycles. The number of aliphatic hydroxyl groups excluding tert-OH is 2. The molecule has 1 aliphatic heterocycles. The molecule has 2 aliphatic rings. The molecule has 198 valence electrons. The molecule has 11 heteroatoms. The molecule has 0 spiro atoms. The van der Waals surface area contributed by atoms with Crippen LogP contribution in [0.4, 0.5) is 8.78 Å². The summed E-state index contributed by atoms with van der Waals surface area (Å²) in [6.45, 7) is 1.20. The van der Waals surface area contributed by atoms with Gasteiger partial charge in [0.2, 0.25) is 0 Å². The maximum absolute atomic E-state index is 14.7. The van der Waals surface area contributed by atoms with Gasteiger partial charge in [0.15, 0.2) is 0 Å². The number of carbonyl (C=O) groups excluding carboxylic acids is 3. The first-order valence-corrected chi connectivity index (χ1v) is 12.3. The summed E-state index contributed by atoms with van der Waals surface area (Å²) in [6.07, 6.45) is -3.77. The van der Waals surface area contributed by atoms with Gasteiger partial charge in [0.1, 0.15) is 29.9 Å². The Balaban J connectivity index is 1.69. The Morgan fingerprint density at radius 2 is 1.62 bits per heavy atom. The molecular formula is C28H21F2N3O6. The number of aromatic nitrogens is 2. The predicted octanol–water partition coefficient (Wildman–Crippen LogP) is 3.53. The van der Waals surface area contributed by atoms with E-state index in [0.717, 1.165) is 4.90 Å². The fraction of sp³-hybridized carbons (Fsp3) is 0.250. The van der Waals surface area contributed by atoms with E-state index in [4.69, 9.17) is 4.74 Å². The highest BCUT2D eigenvalue weighted by atomic mass is 19.1. The van der Waals surface area contributed by atoms with Crippen LogP contribution in [0.5, 0.6) is 0 Å². The normalized spacial score (nSPS) is 23.2. The number of amides is 2. The number of nitrogens with zero attached hydrogens (tertiary/aromatic N) is 2. The quantitative estimate of drug-likeness (QED) is 0.236. The fourth-order valence-electron chi connectivity index (χ4n) is 6.39. The first-order valence-electron chi connectivity index (χ1n) is 12.3. The van der Waals surface area contributed by atoms with Crippen LogP contribution in [0.15, 0.2) is 36.4 Å². The van der Waals surface area contributed by atoms with E-state index in [2.05, 4.69) is 4.98 Å². The van der Waals surface area contributed by atoms with Crippen LogP contribution >= 0.6 is 0 Å². The first-order chi connectivity index (χ1) is 18.6. The van der Waals surface area contributed by atoms with Crippen molar-refractivity contribution in [1.29, 1.82) is 0 Å². The van der Waals surface area contributed by atoms with Gasteiger partial charge in [-0.15, -0.1) is 0 Å². The number of carbonyl (C=O) groups is 3. The summed E-state index contributed by atoms with van der Waals surface area (Å²) in [7, 11) is 1.35. The minimum Gasteiger partial charge on any atom is -0.460 e. The lowest BCUT2D eigenvalue weighted by atomic mass is 9.96. The van der Waals surface area contributed by atoms with Crippen molar-refractivity contribution in [2.75, 3.05) is 7.05 Å². The third-order valence-corrected chi connectivity index (χ3v) is 8.00. The van der Waals surface area contributed by atoms with Crippen molar-refractivity contribution >= 4 is 61.4 Å². The number of aromatic amines is 1. The molecule has 2 aromatic heterocycles. The highest BCUT2D eigenvalue weighted by molar-refractivity contribution is 6.39. The van der Waals surface area contributed by atoms with Gasteiger partial charge in [0.05, 0.1) is 28.2 Å². The Hall–Kier alpha value is -4.35. The third kappa shape index (κ3) is 3.02. The number of nitrogens with one attached hydrogen (secondary N) is 1. The van der Waals surface area contributed by atoms with Crippen LogP contribution < -0.4 is 0 Å². The summed E-state index contributed by atoms with van der Waals surface area (Å²) in [5, 5.41) is 23.2. The molecule has 3 heterocycles. The highest BCUT2D eigenvalue weighted by Gasteiger charge is 2.47. The van der Waals surface area contributed by atoms with E-state index in [1.54, 1.807) is 4.57 Å². The first kappa shape index (κ1) is 23.7. The summed E-state index contributed by atoms with van der Waals surface area (Å²) in [6, 6.07) is 7.17. The number of esters is 1. The minimum absolute atomic E-state index is 0.0262. The van der Waals surface area contributed by atoms with Crippen molar-refractivity contribution in [3.8, 4) is 0 Å². The average Bonchev–Trinajstić information content (AvgIpc) is 3.56. The van der Waals surface area contributed by atoms with Crippen molar-refractivity contribution in [2.24, 2.45) is 0 Å². The Morgan fingerprint density at radius 3 is 2.31 bits per heavy atom. The second-order valence-electron chi connectivity index (χ2n) is 10.2. The van der Waals surface area contributed by atoms with Crippen LogP contribution in [0.25, 0.3) is 43.6 Å². The Labute approximate surface area is 218 Å². The zero-order valence-electron chi connectivity index (χ0n) is 20.7. The van der Waals surface area contributed by atoms with Crippen LogP contribution in [0, 0.1) is 11.6 Å².